The summed E-state index contributed by atoms with van der Waals surface area (Å²) in [6, 6.07) is -0.611. The molecule has 0 saturated carbocycles. The van der Waals surface area contributed by atoms with Crippen molar-refractivity contribution in [1.29, 1.82) is 0 Å². The highest BCUT2D eigenvalue weighted by Crippen LogP contribution is 2.03. The summed E-state index contributed by atoms with van der Waals surface area (Å²) >= 11 is 0. The third-order valence-corrected chi connectivity index (χ3v) is 2.95. The van der Waals surface area contributed by atoms with Gasteiger partial charge in [0.15, 0.2) is 0 Å². The third-order valence-electron chi connectivity index (χ3n) is 2.95. The SMILES string of the molecule is COCCCNC(=O)C(C)NC1CCCNC1=O. The number of hydrogen-bond acceptors (Lipinski definition) is 4. The van der Waals surface area contributed by atoms with Crippen LogP contribution in [0.5, 0.6) is 0 Å². The average molecular weight is 257 g/mol. The first-order valence-corrected chi connectivity index (χ1v) is 6.45. The van der Waals surface area contributed by atoms with Crippen molar-refractivity contribution in [3.05, 3.63) is 0 Å². The Balaban J connectivity index is 2.23. The fraction of sp³-hybridized carbons (Fsp3) is 0.833. The Bertz CT molecular complexity index is 284. The molecule has 0 aromatic heterocycles. The lowest BCUT2D eigenvalue weighted by molar-refractivity contribution is -0.126. The van der Waals surface area contributed by atoms with Crippen molar-refractivity contribution in [3.63, 3.8) is 0 Å². The minimum atomic E-state index is -0.360. The zero-order chi connectivity index (χ0) is 13.4. The summed E-state index contributed by atoms with van der Waals surface area (Å²) < 4.78 is 4.90. The van der Waals surface area contributed by atoms with E-state index < -0.39 is 0 Å². The summed E-state index contributed by atoms with van der Waals surface area (Å²) in [6.45, 7) is 3.73. The maximum absolute atomic E-state index is 11.7. The van der Waals surface area contributed by atoms with Crippen molar-refractivity contribution in [2.75, 3.05) is 26.8 Å². The number of methoxy groups -OCH3 is 1. The first kappa shape index (κ1) is 14.9. The van der Waals surface area contributed by atoms with E-state index in [9.17, 15) is 9.59 Å². The number of rotatable bonds is 7. The standard InChI is InChI=1S/C12H23N3O3/c1-9(11(16)13-7-4-8-18-2)15-10-5-3-6-14-12(10)17/h9-10,15H,3-8H2,1-2H3,(H,13,16)(H,14,17). The maximum Gasteiger partial charge on any atom is 0.237 e. The van der Waals surface area contributed by atoms with Crippen LogP contribution in [0, 0.1) is 0 Å². The van der Waals surface area contributed by atoms with Gasteiger partial charge in [0.05, 0.1) is 12.1 Å². The lowest BCUT2D eigenvalue weighted by Crippen LogP contribution is -2.54. The zero-order valence-electron chi connectivity index (χ0n) is 11.1. The van der Waals surface area contributed by atoms with Crippen molar-refractivity contribution in [3.8, 4) is 0 Å². The molecule has 3 N–H and O–H groups in total. The van der Waals surface area contributed by atoms with E-state index in [1.807, 2.05) is 0 Å². The Morgan fingerprint density at radius 2 is 2.39 bits per heavy atom. The maximum atomic E-state index is 11.7. The summed E-state index contributed by atoms with van der Waals surface area (Å²) in [4.78, 5) is 23.3. The molecule has 0 spiro atoms. The molecule has 1 heterocycles. The predicted octanol–water partition coefficient (Wildman–Crippen LogP) is -0.604. The van der Waals surface area contributed by atoms with Crippen molar-refractivity contribution in [1.82, 2.24) is 16.0 Å². The van der Waals surface area contributed by atoms with E-state index in [1.165, 1.54) is 0 Å². The first-order valence-electron chi connectivity index (χ1n) is 6.45. The van der Waals surface area contributed by atoms with E-state index in [1.54, 1.807) is 14.0 Å². The highest BCUT2D eigenvalue weighted by molar-refractivity contribution is 5.85. The van der Waals surface area contributed by atoms with Gasteiger partial charge in [0, 0.05) is 26.8 Å². The smallest absolute Gasteiger partial charge is 0.237 e. The Hall–Kier alpha value is -1.14. The molecule has 0 radical (unpaired) electrons. The van der Waals surface area contributed by atoms with Gasteiger partial charge in [0.1, 0.15) is 0 Å². The molecule has 6 nitrogen and oxygen atoms in total. The number of hydrogen-bond donors (Lipinski definition) is 3. The van der Waals surface area contributed by atoms with Gasteiger partial charge in [-0.1, -0.05) is 0 Å². The summed E-state index contributed by atoms with van der Waals surface area (Å²) in [5.74, 6) is -0.0928. The van der Waals surface area contributed by atoms with Gasteiger partial charge in [0.25, 0.3) is 0 Å². The second-order valence-corrected chi connectivity index (χ2v) is 4.51. The average Bonchev–Trinajstić information content (AvgIpc) is 2.37. The van der Waals surface area contributed by atoms with E-state index in [-0.39, 0.29) is 23.9 Å². The lowest BCUT2D eigenvalue weighted by Gasteiger charge is -2.25. The monoisotopic (exact) mass is 257 g/mol. The number of nitrogens with one attached hydrogen (secondary N) is 3. The summed E-state index contributed by atoms with van der Waals surface area (Å²) in [5, 5.41) is 8.65. The van der Waals surface area contributed by atoms with Crippen LogP contribution in [0.1, 0.15) is 26.2 Å². The molecular weight excluding hydrogens is 234 g/mol. The normalized spacial score (nSPS) is 21.2. The van der Waals surface area contributed by atoms with Gasteiger partial charge >= 0.3 is 0 Å². The Morgan fingerprint density at radius 3 is 3.06 bits per heavy atom. The number of piperidine rings is 1. The van der Waals surface area contributed by atoms with E-state index in [2.05, 4.69) is 16.0 Å². The molecule has 6 heteroatoms. The molecule has 2 amide bonds. The summed E-state index contributed by atoms with van der Waals surface area (Å²) in [5.41, 5.74) is 0. The molecular formula is C12H23N3O3. The molecule has 1 saturated heterocycles. The fourth-order valence-corrected chi connectivity index (χ4v) is 1.89. The van der Waals surface area contributed by atoms with E-state index >= 15 is 0 Å². The van der Waals surface area contributed by atoms with Crippen LogP contribution < -0.4 is 16.0 Å². The largest absolute Gasteiger partial charge is 0.385 e. The van der Waals surface area contributed by atoms with Crippen LogP contribution in [0.4, 0.5) is 0 Å². The molecule has 1 rings (SSSR count). The van der Waals surface area contributed by atoms with Crippen LogP contribution in [0.3, 0.4) is 0 Å². The van der Waals surface area contributed by atoms with Crippen molar-refractivity contribution in [2.24, 2.45) is 0 Å². The van der Waals surface area contributed by atoms with Gasteiger partial charge in [-0.3, -0.25) is 14.9 Å². The number of carbonyl (C=O) groups excluding carboxylic acids is 2. The first-order chi connectivity index (χ1) is 8.65. The molecule has 18 heavy (non-hydrogen) atoms. The molecule has 2 unspecified atom stereocenters. The van der Waals surface area contributed by atoms with Crippen LogP contribution in [-0.2, 0) is 14.3 Å². The van der Waals surface area contributed by atoms with Gasteiger partial charge in [-0.25, -0.2) is 0 Å². The second-order valence-electron chi connectivity index (χ2n) is 4.51. The van der Waals surface area contributed by atoms with Crippen molar-refractivity contribution >= 4 is 11.8 Å². The van der Waals surface area contributed by atoms with Crippen molar-refractivity contribution < 1.29 is 14.3 Å². The molecule has 0 aromatic rings. The van der Waals surface area contributed by atoms with Crippen LogP contribution >= 0.6 is 0 Å². The topological polar surface area (TPSA) is 79.5 Å². The molecule has 0 aromatic carbocycles. The highest BCUT2D eigenvalue weighted by atomic mass is 16.5. The molecule has 104 valence electrons. The van der Waals surface area contributed by atoms with Gasteiger partial charge in [-0.05, 0) is 26.2 Å². The van der Waals surface area contributed by atoms with E-state index in [0.29, 0.717) is 13.2 Å². The minimum Gasteiger partial charge on any atom is -0.385 e. The molecule has 0 aliphatic carbocycles. The number of amides is 2. The quantitative estimate of drug-likeness (QED) is 0.532. The molecule has 1 aliphatic rings. The van der Waals surface area contributed by atoms with Crippen molar-refractivity contribution in [2.45, 2.75) is 38.3 Å². The zero-order valence-corrected chi connectivity index (χ0v) is 11.1. The molecule has 1 fully saturated rings. The third kappa shape index (κ3) is 5.01. The lowest BCUT2D eigenvalue weighted by atomic mass is 10.1. The number of ether oxygens (including phenoxy) is 1. The van der Waals surface area contributed by atoms with E-state index in [0.717, 1.165) is 25.8 Å². The van der Waals surface area contributed by atoms with Gasteiger partial charge < -0.3 is 15.4 Å². The minimum absolute atomic E-state index is 0.0136. The summed E-state index contributed by atoms with van der Waals surface area (Å²) in [6.07, 6.45) is 2.53. The Kier molecular flexibility index (Phi) is 6.67. The fourth-order valence-electron chi connectivity index (χ4n) is 1.89. The van der Waals surface area contributed by atoms with Gasteiger partial charge in [-0.15, -0.1) is 0 Å². The van der Waals surface area contributed by atoms with Crippen LogP contribution in [0.2, 0.25) is 0 Å². The van der Waals surface area contributed by atoms with Gasteiger partial charge in [0.2, 0.25) is 11.8 Å². The Morgan fingerprint density at radius 1 is 1.61 bits per heavy atom. The highest BCUT2D eigenvalue weighted by Gasteiger charge is 2.25. The predicted molar refractivity (Wildman–Crippen MR) is 68.1 cm³/mol. The van der Waals surface area contributed by atoms with Crippen LogP contribution in [0.25, 0.3) is 0 Å². The second kappa shape index (κ2) is 8.05. The Labute approximate surface area is 108 Å². The van der Waals surface area contributed by atoms with Crippen LogP contribution in [0.15, 0.2) is 0 Å². The number of carbonyl (C=O) groups is 2. The van der Waals surface area contributed by atoms with E-state index in [4.69, 9.17) is 4.74 Å². The molecule has 1 aliphatic heterocycles. The van der Waals surface area contributed by atoms with Gasteiger partial charge in [-0.2, -0.15) is 0 Å². The molecule has 2 atom stereocenters. The van der Waals surface area contributed by atoms with Crippen LogP contribution in [-0.4, -0.2) is 50.7 Å². The molecule has 0 bridgehead atoms. The summed E-state index contributed by atoms with van der Waals surface area (Å²) in [7, 11) is 1.63.